The van der Waals surface area contributed by atoms with Gasteiger partial charge >= 0.3 is 0 Å². The van der Waals surface area contributed by atoms with E-state index in [1.807, 2.05) is 24.1 Å². The van der Waals surface area contributed by atoms with E-state index in [4.69, 9.17) is 4.42 Å². The summed E-state index contributed by atoms with van der Waals surface area (Å²) in [5.41, 5.74) is 2.86. The largest absolute Gasteiger partial charge is 0.462 e. The maximum absolute atomic E-state index is 11.7. The molecule has 1 aliphatic heterocycles. The van der Waals surface area contributed by atoms with Crippen LogP contribution < -0.4 is 5.43 Å². The fourth-order valence-corrected chi connectivity index (χ4v) is 1.81. The molecule has 0 spiro atoms. The molecule has 1 fully saturated rings. The van der Waals surface area contributed by atoms with Gasteiger partial charge in [-0.15, -0.1) is 0 Å². The van der Waals surface area contributed by atoms with Crippen LogP contribution in [0, 0.1) is 6.92 Å². The van der Waals surface area contributed by atoms with Crippen LogP contribution >= 0.6 is 0 Å². The minimum Gasteiger partial charge on any atom is -0.462 e. The van der Waals surface area contributed by atoms with Gasteiger partial charge in [-0.1, -0.05) is 0 Å². The van der Waals surface area contributed by atoms with Gasteiger partial charge in [0.15, 0.2) is 0 Å². The topological polar surface area (TPSA) is 48.7 Å². The quantitative estimate of drug-likeness (QED) is 0.808. The molecule has 5 heteroatoms. The first-order chi connectivity index (χ1) is 8.63. The van der Waals surface area contributed by atoms with E-state index in [1.165, 1.54) is 6.08 Å². The summed E-state index contributed by atoms with van der Waals surface area (Å²) in [7, 11) is 2.08. The summed E-state index contributed by atoms with van der Waals surface area (Å²) < 4.78 is 5.35. The number of rotatable bonds is 3. The standard InChI is InChI=1S/C13H19N3O2/c1-11-3-4-12(18-11)5-6-13(17)14-16-9-7-15(2)8-10-16/h3-6H,7-10H2,1-2H3,(H,14,17). The molecule has 5 nitrogen and oxygen atoms in total. The fraction of sp³-hybridized carbons (Fsp3) is 0.462. The van der Waals surface area contributed by atoms with Crippen molar-refractivity contribution >= 4 is 12.0 Å². The molecule has 18 heavy (non-hydrogen) atoms. The van der Waals surface area contributed by atoms with Crippen molar-refractivity contribution in [3.63, 3.8) is 0 Å². The van der Waals surface area contributed by atoms with E-state index in [0.29, 0.717) is 5.76 Å². The minimum absolute atomic E-state index is 0.117. The Bertz CT molecular complexity index is 431. The summed E-state index contributed by atoms with van der Waals surface area (Å²) in [6, 6.07) is 3.72. The number of nitrogens with one attached hydrogen (secondary N) is 1. The SMILES string of the molecule is Cc1ccc(C=CC(=O)NN2CCN(C)CC2)o1. The lowest BCUT2D eigenvalue weighted by Gasteiger charge is -2.31. The normalized spacial score (nSPS) is 18.3. The van der Waals surface area contributed by atoms with E-state index in [-0.39, 0.29) is 5.91 Å². The smallest absolute Gasteiger partial charge is 0.258 e. The van der Waals surface area contributed by atoms with Gasteiger partial charge in [0, 0.05) is 32.3 Å². The Hall–Kier alpha value is -1.59. The number of carbonyl (C=O) groups excluding carboxylic acids is 1. The second kappa shape index (κ2) is 5.84. The van der Waals surface area contributed by atoms with E-state index >= 15 is 0 Å². The molecule has 1 aromatic heterocycles. The third kappa shape index (κ3) is 3.72. The molecule has 1 aliphatic rings. The second-order valence-corrected chi connectivity index (χ2v) is 4.55. The van der Waals surface area contributed by atoms with Crippen molar-refractivity contribution in [2.24, 2.45) is 0 Å². The Morgan fingerprint density at radius 2 is 2.06 bits per heavy atom. The number of likely N-dealkylation sites (N-methyl/N-ethyl adjacent to an activating group) is 1. The van der Waals surface area contributed by atoms with Gasteiger partial charge < -0.3 is 9.32 Å². The number of piperazine rings is 1. The lowest BCUT2D eigenvalue weighted by Crippen LogP contribution is -2.52. The molecule has 1 amide bonds. The Morgan fingerprint density at radius 3 is 2.67 bits per heavy atom. The van der Waals surface area contributed by atoms with Crippen LogP contribution in [-0.2, 0) is 4.79 Å². The van der Waals surface area contributed by atoms with Crippen molar-refractivity contribution in [2.45, 2.75) is 6.92 Å². The lowest BCUT2D eigenvalue weighted by molar-refractivity contribution is -0.121. The third-order valence-corrected chi connectivity index (χ3v) is 2.93. The number of hydrogen-bond donors (Lipinski definition) is 1. The van der Waals surface area contributed by atoms with Gasteiger partial charge in [0.2, 0.25) is 0 Å². The fourth-order valence-electron chi connectivity index (χ4n) is 1.81. The predicted molar refractivity (Wildman–Crippen MR) is 69.7 cm³/mol. The monoisotopic (exact) mass is 249 g/mol. The van der Waals surface area contributed by atoms with E-state index in [2.05, 4.69) is 17.4 Å². The average molecular weight is 249 g/mol. The highest BCUT2D eigenvalue weighted by atomic mass is 16.3. The zero-order valence-corrected chi connectivity index (χ0v) is 10.8. The molecule has 2 rings (SSSR count). The maximum atomic E-state index is 11.7. The van der Waals surface area contributed by atoms with Gasteiger partial charge in [-0.2, -0.15) is 0 Å². The molecule has 0 atom stereocenters. The molecule has 0 bridgehead atoms. The van der Waals surface area contributed by atoms with Gasteiger partial charge in [0.25, 0.3) is 5.91 Å². The Balaban J connectivity index is 1.80. The van der Waals surface area contributed by atoms with Crippen LogP contribution in [0.25, 0.3) is 6.08 Å². The minimum atomic E-state index is -0.117. The van der Waals surface area contributed by atoms with Crippen LogP contribution in [-0.4, -0.2) is 49.0 Å². The van der Waals surface area contributed by atoms with Crippen LogP contribution in [0.4, 0.5) is 0 Å². The maximum Gasteiger partial charge on any atom is 0.258 e. The summed E-state index contributed by atoms with van der Waals surface area (Å²) in [6.45, 7) is 5.54. The van der Waals surface area contributed by atoms with Crippen molar-refractivity contribution in [3.05, 3.63) is 29.7 Å². The molecular weight excluding hydrogens is 230 g/mol. The van der Waals surface area contributed by atoms with Gasteiger partial charge in [-0.3, -0.25) is 10.2 Å². The van der Waals surface area contributed by atoms with Gasteiger partial charge in [-0.25, -0.2) is 5.01 Å². The van der Waals surface area contributed by atoms with Gasteiger partial charge in [-0.05, 0) is 32.2 Å². The van der Waals surface area contributed by atoms with Crippen molar-refractivity contribution in [2.75, 3.05) is 33.2 Å². The highest BCUT2D eigenvalue weighted by Crippen LogP contribution is 2.07. The first kappa shape index (κ1) is 12.9. The van der Waals surface area contributed by atoms with Crippen LogP contribution in [0.1, 0.15) is 11.5 Å². The Labute approximate surface area is 107 Å². The number of carbonyl (C=O) groups is 1. The van der Waals surface area contributed by atoms with E-state index < -0.39 is 0 Å². The zero-order valence-electron chi connectivity index (χ0n) is 10.8. The van der Waals surface area contributed by atoms with Crippen LogP contribution in [0.15, 0.2) is 22.6 Å². The number of aryl methyl sites for hydroxylation is 1. The van der Waals surface area contributed by atoms with E-state index in [0.717, 1.165) is 31.9 Å². The molecule has 0 aromatic carbocycles. The van der Waals surface area contributed by atoms with E-state index in [1.54, 1.807) is 6.08 Å². The first-order valence-electron chi connectivity index (χ1n) is 6.12. The molecule has 2 heterocycles. The van der Waals surface area contributed by atoms with Crippen LogP contribution in [0.5, 0.6) is 0 Å². The van der Waals surface area contributed by atoms with E-state index in [9.17, 15) is 4.79 Å². The second-order valence-electron chi connectivity index (χ2n) is 4.55. The summed E-state index contributed by atoms with van der Waals surface area (Å²) in [5, 5.41) is 1.94. The zero-order chi connectivity index (χ0) is 13.0. The summed E-state index contributed by atoms with van der Waals surface area (Å²) in [6.07, 6.45) is 3.18. The number of amides is 1. The molecule has 0 radical (unpaired) electrons. The van der Waals surface area contributed by atoms with Crippen molar-refractivity contribution in [1.29, 1.82) is 0 Å². The number of hydrogen-bond acceptors (Lipinski definition) is 4. The summed E-state index contributed by atoms with van der Waals surface area (Å²) >= 11 is 0. The van der Waals surface area contributed by atoms with Crippen molar-refractivity contribution < 1.29 is 9.21 Å². The van der Waals surface area contributed by atoms with Crippen molar-refractivity contribution in [1.82, 2.24) is 15.3 Å². The highest BCUT2D eigenvalue weighted by Gasteiger charge is 2.14. The number of nitrogens with zero attached hydrogens (tertiary/aromatic N) is 2. The molecule has 0 unspecified atom stereocenters. The van der Waals surface area contributed by atoms with Crippen LogP contribution in [0.2, 0.25) is 0 Å². The number of furan rings is 1. The average Bonchev–Trinajstić information content (AvgIpc) is 2.76. The molecule has 98 valence electrons. The molecule has 1 N–H and O–H groups in total. The predicted octanol–water partition coefficient (Wildman–Crippen LogP) is 0.880. The lowest BCUT2D eigenvalue weighted by atomic mass is 10.3. The Kier molecular flexibility index (Phi) is 4.17. The Morgan fingerprint density at radius 1 is 1.33 bits per heavy atom. The summed E-state index contributed by atoms with van der Waals surface area (Å²) in [5.74, 6) is 1.42. The molecule has 0 saturated carbocycles. The highest BCUT2D eigenvalue weighted by molar-refractivity contribution is 5.90. The van der Waals surface area contributed by atoms with Gasteiger partial charge in [0.05, 0.1) is 0 Å². The molecule has 0 aliphatic carbocycles. The van der Waals surface area contributed by atoms with Gasteiger partial charge in [0.1, 0.15) is 11.5 Å². The summed E-state index contributed by atoms with van der Waals surface area (Å²) in [4.78, 5) is 13.9. The molecule has 1 aromatic rings. The van der Waals surface area contributed by atoms with Crippen LogP contribution in [0.3, 0.4) is 0 Å². The first-order valence-corrected chi connectivity index (χ1v) is 6.12. The molecule has 1 saturated heterocycles. The number of hydrazine groups is 1. The molecular formula is C13H19N3O2. The third-order valence-electron chi connectivity index (χ3n) is 2.93. The van der Waals surface area contributed by atoms with Crippen molar-refractivity contribution in [3.8, 4) is 0 Å².